The van der Waals surface area contributed by atoms with Gasteiger partial charge in [0, 0.05) is 25.8 Å². The highest BCUT2D eigenvalue weighted by Gasteiger charge is 2.52. The van der Waals surface area contributed by atoms with E-state index in [1.54, 1.807) is 4.81 Å². The summed E-state index contributed by atoms with van der Waals surface area (Å²) in [6.07, 6.45) is 2.02. The number of imidazole rings is 1. The van der Waals surface area contributed by atoms with Gasteiger partial charge in [0.25, 0.3) is 0 Å². The van der Waals surface area contributed by atoms with Crippen molar-refractivity contribution in [3.63, 3.8) is 0 Å². The molecule has 1 aromatic heterocycles. The molecule has 7 heteroatoms. The highest BCUT2D eigenvalue weighted by atomic mass is 16.7. The molecule has 1 saturated heterocycles. The van der Waals surface area contributed by atoms with Crippen LogP contribution in [0.4, 0.5) is 0 Å². The third-order valence-corrected chi connectivity index (χ3v) is 4.35. The summed E-state index contributed by atoms with van der Waals surface area (Å²) in [5, 5.41) is 0. The van der Waals surface area contributed by atoms with E-state index >= 15 is 0 Å². The summed E-state index contributed by atoms with van der Waals surface area (Å²) in [5.74, 6) is 0.971. The zero-order chi connectivity index (χ0) is 13.8. The van der Waals surface area contributed by atoms with E-state index in [1.165, 1.54) is 0 Å². The molecule has 2 aliphatic heterocycles. The third-order valence-electron chi connectivity index (χ3n) is 4.35. The molecule has 0 aliphatic carbocycles. The van der Waals surface area contributed by atoms with E-state index in [0.717, 1.165) is 24.5 Å². The molecule has 0 unspecified atom stereocenters. The molecule has 0 atom stereocenters. The average Bonchev–Trinajstić information content (AvgIpc) is 2.78. The first kappa shape index (κ1) is 13.2. The van der Waals surface area contributed by atoms with Crippen LogP contribution in [0.1, 0.15) is 33.5 Å². The van der Waals surface area contributed by atoms with Crippen molar-refractivity contribution in [3.8, 4) is 0 Å². The molecular formula is C12H19B2N3O2. The fourth-order valence-electron chi connectivity index (χ4n) is 2.37. The third kappa shape index (κ3) is 2.14. The maximum absolute atomic E-state index is 6.01. The quantitative estimate of drug-likeness (QED) is 0.669. The average molecular weight is 259 g/mol. The van der Waals surface area contributed by atoms with Crippen LogP contribution in [0.2, 0.25) is 0 Å². The van der Waals surface area contributed by atoms with Crippen molar-refractivity contribution < 1.29 is 9.31 Å². The van der Waals surface area contributed by atoms with Gasteiger partial charge in [0.1, 0.15) is 5.82 Å². The summed E-state index contributed by atoms with van der Waals surface area (Å²) in [5.41, 5.74) is 0.174. The van der Waals surface area contributed by atoms with E-state index in [9.17, 15) is 0 Å². The number of rotatable bonds is 1. The molecule has 3 rings (SSSR count). The van der Waals surface area contributed by atoms with E-state index in [0.29, 0.717) is 6.54 Å². The molecule has 1 fully saturated rings. The minimum atomic E-state index is -0.394. The topological polar surface area (TPSA) is 39.5 Å². The fourth-order valence-corrected chi connectivity index (χ4v) is 2.37. The molecule has 0 bridgehead atoms. The molecule has 3 heterocycles. The van der Waals surface area contributed by atoms with E-state index in [1.807, 2.05) is 33.9 Å². The van der Waals surface area contributed by atoms with Gasteiger partial charge in [-0.25, -0.2) is 4.98 Å². The molecule has 19 heavy (non-hydrogen) atoms. The zero-order valence-electron chi connectivity index (χ0n) is 12.0. The van der Waals surface area contributed by atoms with Gasteiger partial charge in [0.2, 0.25) is 0 Å². The summed E-state index contributed by atoms with van der Waals surface area (Å²) in [6.45, 7) is 10.6. The maximum Gasteiger partial charge on any atom is 0.516 e. The Hall–Kier alpha value is -0.780. The van der Waals surface area contributed by atoms with E-state index < -0.39 is 7.12 Å². The van der Waals surface area contributed by atoms with Gasteiger partial charge in [-0.05, 0) is 27.7 Å². The molecule has 1 aromatic rings. The van der Waals surface area contributed by atoms with Crippen LogP contribution in [-0.2, 0) is 22.4 Å². The van der Waals surface area contributed by atoms with Crippen molar-refractivity contribution in [2.45, 2.75) is 52.0 Å². The standard InChI is InChI=1S/C12H19B2N3O2/c1-11(2)12(3,4)19-14(18-11)9-7-16-5-6-17(13)8-10(16)15-9/h7H,5-6,8H2,1-4H3. The second-order valence-electron chi connectivity index (χ2n) is 6.33. The van der Waals surface area contributed by atoms with E-state index in [-0.39, 0.29) is 11.2 Å². The Bertz CT molecular complexity index is 485. The number of fused-ring (bicyclic) bond motifs is 1. The van der Waals surface area contributed by atoms with Crippen molar-refractivity contribution >= 4 is 20.7 Å². The van der Waals surface area contributed by atoms with Gasteiger partial charge in [-0.15, -0.1) is 0 Å². The minimum Gasteiger partial charge on any atom is -0.398 e. The maximum atomic E-state index is 6.01. The van der Waals surface area contributed by atoms with Crippen molar-refractivity contribution in [2.75, 3.05) is 6.54 Å². The molecule has 0 spiro atoms. The lowest BCUT2D eigenvalue weighted by atomic mass is 9.86. The summed E-state index contributed by atoms with van der Waals surface area (Å²) >= 11 is 0. The van der Waals surface area contributed by atoms with Crippen molar-refractivity contribution in [2.24, 2.45) is 0 Å². The second-order valence-corrected chi connectivity index (χ2v) is 6.33. The summed E-state index contributed by atoms with van der Waals surface area (Å²) < 4.78 is 14.2. The highest BCUT2D eigenvalue weighted by Crippen LogP contribution is 2.36. The van der Waals surface area contributed by atoms with Crippen LogP contribution in [0.3, 0.4) is 0 Å². The molecule has 0 aromatic carbocycles. The zero-order valence-corrected chi connectivity index (χ0v) is 12.0. The first-order valence-electron chi connectivity index (χ1n) is 6.70. The molecule has 5 nitrogen and oxygen atoms in total. The number of hydrogen-bond donors (Lipinski definition) is 0. The van der Waals surface area contributed by atoms with Gasteiger partial charge in [-0.2, -0.15) is 0 Å². The van der Waals surface area contributed by atoms with Gasteiger partial charge < -0.3 is 18.7 Å². The van der Waals surface area contributed by atoms with Crippen LogP contribution < -0.4 is 5.59 Å². The van der Waals surface area contributed by atoms with Gasteiger partial charge in [0.15, 0.2) is 7.98 Å². The Kier molecular flexibility index (Phi) is 2.86. The Labute approximate surface area is 115 Å². The number of aromatic nitrogens is 2. The Morgan fingerprint density at radius 3 is 2.47 bits per heavy atom. The largest absolute Gasteiger partial charge is 0.516 e. The van der Waals surface area contributed by atoms with Crippen molar-refractivity contribution in [1.29, 1.82) is 0 Å². The molecular weight excluding hydrogens is 240 g/mol. The first-order chi connectivity index (χ1) is 8.78. The lowest BCUT2D eigenvalue weighted by Crippen LogP contribution is -2.41. The molecule has 2 radical (unpaired) electrons. The monoisotopic (exact) mass is 259 g/mol. The summed E-state index contributed by atoms with van der Waals surface area (Å²) in [4.78, 5) is 6.38. The van der Waals surface area contributed by atoms with Gasteiger partial charge >= 0.3 is 7.12 Å². The highest BCUT2D eigenvalue weighted by molar-refractivity contribution is 6.61. The summed E-state index contributed by atoms with van der Waals surface area (Å²) in [6, 6.07) is 0. The van der Waals surface area contributed by atoms with E-state index in [4.69, 9.17) is 17.3 Å². The SMILES string of the molecule is [B]N1CCn2cc(B3OC(C)(C)C(C)(C)O3)nc2C1. The predicted molar refractivity (Wildman–Crippen MR) is 74.1 cm³/mol. The smallest absolute Gasteiger partial charge is 0.398 e. The fraction of sp³-hybridized carbons (Fsp3) is 0.750. The first-order valence-corrected chi connectivity index (χ1v) is 6.70. The van der Waals surface area contributed by atoms with Crippen LogP contribution in [0.5, 0.6) is 0 Å². The Morgan fingerprint density at radius 2 is 1.84 bits per heavy atom. The number of hydrogen-bond acceptors (Lipinski definition) is 4. The van der Waals surface area contributed by atoms with Gasteiger partial charge in [0.05, 0.1) is 16.8 Å². The Balaban J connectivity index is 1.85. The number of nitrogens with zero attached hydrogens (tertiary/aromatic N) is 3. The molecule has 0 N–H and O–H groups in total. The van der Waals surface area contributed by atoms with Crippen LogP contribution in [0, 0.1) is 0 Å². The Morgan fingerprint density at radius 1 is 1.21 bits per heavy atom. The minimum absolute atomic E-state index is 0.332. The molecule has 100 valence electrons. The molecule has 0 amide bonds. The normalized spacial score (nSPS) is 25.6. The van der Waals surface area contributed by atoms with Crippen molar-refractivity contribution in [3.05, 3.63) is 12.0 Å². The van der Waals surface area contributed by atoms with Crippen LogP contribution in [0.25, 0.3) is 0 Å². The lowest BCUT2D eigenvalue weighted by Gasteiger charge is -2.32. The van der Waals surface area contributed by atoms with Crippen LogP contribution in [-0.4, -0.2) is 47.2 Å². The van der Waals surface area contributed by atoms with Gasteiger partial charge in [-0.3, -0.25) is 0 Å². The second kappa shape index (κ2) is 4.11. The lowest BCUT2D eigenvalue weighted by molar-refractivity contribution is 0.00578. The van der Waals surface area contributed by atoms with E-state index in [2.05, 4.69) is 9.55 Å². The van der Waals surface area contributed by atoms with Crippen molar-refractivity contribution in [1.82, 2.24) is 14.4 Å². The van der Waals surface area contributed by atoms with Crippen LogP contribution >= 0.6 is 0 Å². The molecule has 0 saturated carbocycles. The van der Waals surface area contributed by atoms with Crippen LogP contribution in [0.15, 0.2) is 6.20 Å². The predicted octanol–water partition coefficient (Wildman–Crippen LogP) is 0.0814. The summed E-state index contributed by atoms with van der Waals surface area (Å²) in [7, 11) is 5.42. The van der Waals surface area contributed by atoms with Gasteiger partial charge in [-0.1, -0.05) is 0 Å². The molecule has 2 aliphatic rings.